The number of aromatic hydroxyl groups is 1. The second-order valence-electron chi connectivity index (χ2n) is 7.48. The molecular weight excluding hydrogens is 360 g/mol. The van der Waals surface area contributed by atoms with Gasteiger partial charge >= 0.3 is 0 Å². The third-order valence-electron chi connectivity index (χ3n) is 5.48. The molecule has 0 amide bonds. The molecule has 2 fully saturated rings. The lowest BCUT2D eigenvalue weighted by Crippen LogP contribution is -2.60. The zero-order chi connectivity index (χ0) is 19.0. The normalized spacial score (nSPS) is 18.3. The van der Waals surface area contributed by atoms with Crippen LogP contribution >= 0.6 is 11.8 Å². The summed E-state index contributed by atoms with van der Waals surface area (Å²) in [7, 11) is 1.85. The van der Waals surface area contributed by atoms with Gasteiger partial charge in [-0.15, -0.1) is 0 Å². The molecule has 0 saturated carbocycles. The van der Waals surface area contributed by atoms with Crippen LogP contribution in [-0.4, -0.2) is 56.2 Å². The Hall–Kier alpha value is -2.32. The van der Waals surface area contributed by atoms with Crippen LogP contribution in [0, 0.1) is 16.2 Å². The van der Waals surface area contributed by atoms with Crippen molar-refractivity contribution < 1.29 is 5.11 Å². The number of piperidine rings is 1. The topological polar surface area (TPSA) is 101 Å². The highest BCUT2D eigenvalue weighted by Gasteiger charge is 2.44. The van der Waals surface area contributed by atoms with Gasteiger partial charge in [-0.25, -0.2) is 0 Å². The molecule has 2 saturated heterocycles. The summed E-state index contributed by atoms with van der Waals surface area (Å²) < 4.78 is 1.71. The Kier molecular flexibility index (Phi) is 4.69. The molecule has 2 aliphatic rings. The zero-order valence-electron chi connectivity index (χ0n) is 15.3. The number of rotatable bonds is 2. The molecule has 1 aromatic heterocycles. The minimum atomic E-state index is 0.0556. The van der Waals surface area contributed by atoms with Crippen LogP contribution in [0.5, 0.6) is 5.75 Å². The Morgan fingerprint density at radius 3 is 2.59 bits per heavy atom. The standard InChI is InChI=1S/C19H24N6OS/c1-24-10-14(9-23-24)13-2-3-15(16(26)8-13)17(20)27-18(21)25-11-19(12-25)4-6-22-7-5-19/h2-3,8-10,20-22,26H,4-7,11-12H2,1H3. The van der Waals surface area contributed by atoms with E-state index in [9.17, 15) is 5.11 Å². The van der Waals surface area contributed by atoms with Crippen molar-refractivity contribution in [3.8, 4) is 16.9 Å². The first-order valence-corrected chi connectivity index (χ1v) is 9.90. The van der Waals surface area contributed by atoms with Crippen LogP contribution < -0.4 is 5.32 Å². The Morgan fingerprint density at radius 2 is 1.96 bits per heavy atom. The van der Waals surface area contributed by atoms with Crippen LogP contribution in [0.3, 0.4) is 0 Å². The highest BCUT2D eigenvalue weighted by Crippen LogP contribution is 2.40. The molecule has 0 aliphatic carbocycles. The average molecular weight is 385 g/mol. The van der Waals surface area contributed by atoms with Crippen LogP contribution in [0.15, 0.2) is 30.6 Å². The number of hydrogen-bond donors (Lipinski definition) is 4. The predicted octanol–water partition coefficient (Wildman–Crippen LogP) is 2.47. The summed E-state index contributed by atoms with van der Waals surface area (Å²) in [5, 5.41) is 35.1. The fourth-order valence-electron chi connectivity index (χ4n) is 3.87. The van der Waals surface area contributed by atoms with E-state index in [2.05, 4.69) is 10.4 Å². The molecule has 2 aromatic rings. The van der Waals surface area contributed by atoms with Gasteiger partial charge in [0.25, 0.3) is 0 Å². The number of likely N-dealkylation sites (tertiary alicyclic amines) is 1. The second kappa shape index (κ2) is 7.01. The van der Waals surface area contributed by atoms with Gasteiger partial charge in [-0.1, -0.05) is 6.07 Å². The van der Waals surface area contributed by atoms with E-state index in [0.29, 0.717) is 16.1 Å². The molecule has 0 bridgehead atoms. The zero-order valence-corrected chi connectivity index (χ0v) is 16.1. The third-order valence-corrected chi connectivity index (χ3v) is 6.36. The fourth-order valence-corrected chi connectivity index (χ4v) is 4.60. The molecule has 2 aliphatic heterocycles. The Balaban J connectivity index is 1.39. The summed E-state index contributed by atoms with van der Waals surface area (Å²) in [4.78, 5) is 2.03. The molecule has 0 unspecified atom stereocenters. The maximum Gasteiger partial charge on any atom is 0.162 e. The van der Waals surface area contributed by atoms with Gasteiger partial charge in [0.15, 0.2) is 5.17 Å². The molecule has 7 nitrogen and oxygen atoms in total. The van der Waals surface area contributed by atoms with Crippen molar-refractivity contribution >= 4 is 22.0 Å². The number of aryl methyl sites for hydroxylation is 1. The van der Waals surface area contributed by atoms with Gasteiger partial charge < -0.3 is 15.3 Å². The minimum Gasteiger partial charge on any atom is -0.507 e. The van der Waals surface area contributed by atoms with E-state index in [1.54, 1.807) is 23.0 Å². The fraction of sp³-hybridized carbons (Fsp3) is 0.421. The highest BCUT2D eigenvalue weighted by atomic mass is 32.2. The van der Waals surface area contributed by atoms with Crippen LogP contribution in [0.4, 0.5) is 0 Å². The molecule has 4 N–H and O–H groups in total. The first-order valence-electron chi connectivity index (χ1n) is 9.09. The lowest BCUT2D eigenvalue weighted by atomic mass is 9.73. The van der Waals surface area contributed by atoms with Crippen molar-refractivity contribution in [1.29, 1.82) is 10.8 Å². The van der Waals surface area contributed by atoms with E-state index in [1.165, 1.54) is 0 Å². The van der Waals surface area contributed by atoms with Crippen molar-refractivity contribution in [1.82, 2.24) is 20.0 Å². The molecule has 4 rings (SSSR count). The number of benzene rings is 1. The number of aromatic nitrogens is 2. The van der Waals surface area contributed by atoms with Gasteiger partial charge in [0.1, 0.15) is 10.8 Å². The van der Waals surface area contributed by atoms with Crippen molar-refractivity contribution in [3.05, 3.63) is 36.2 Å². The summed E-state index contributed by atoms with van der Waals surface area (Å²) in [5.41, 5.74) is 2.58. The van der Waals surface area contributed by atoms with E-state index in [0.717, 1.165) is 61.9 Å². The number of phenols is 1. The summed E-state index contributed by atoms with van der Waals surface area (Å²) in [6, 6.07) is 5.27. The Morgan fingerprint density at radius 1 is 1.22 bits per heavy atom. The predicted molar refractivity (Wildman–Crippen MR) is 109 cm³/mol. The molecule has 0 atom stereocenters. The van der Waals surface area contributed by atoms with Crippen molar-refractivity contribution in [3.63, 3.8) is 0 Å². The SMILES string of the molecule is Cn1cc(-c2ccc(C(=N)SC(=N)N3CC4(CCNCC4)C3)c(O)c2)cn1. The van der Waals surface area contributed by atoms with Gasteiger partial charge in [0.2, 0.25) is 0 Å². The van der Waals surface area contributed by atoms with Gasteiger partial charge in [-0.3, -0.25) is 15.5 Å². The number of amidine groups is 1. The van der Waals surface area contributed by atoms with Crippen molar-refractivity contribution in [2.75, 3.05) is 26.2 Å². The third kappa shape index (κ3) is 3.59. The maximum atomic E-state index is 10.4. The molecule has 1 spiro atoms. The molecule has 1 aromatic carbocycles. The molecule has 142 valence electrons. The molecule has 27 heavy (non-hydrogen) atoms. The molecular formula is C19H24N6OS. The first-order chi connectivity index (χ1) is 13.0. The Bertz CT molecular complexity index is 878. The van der Waals surface area contributed by atoms with Gasteiger partial charge in [0, 0.05) is 42.9 Å². The van der Waals surface area contributed by atoms with Gasteiger partial charge in [-0.2, -0.15) is 5.10 Å². The number of nitrogens with one attached hydrogen (secondary N) is 3. The highest BCUT2D eigenvalue weighted by molar-refractivity contribution is 8.26. The van der Waals surface area contributed by atoms with E-state index < -0.39 is 0 Å². The monoisotopic (exact) mass is 384 g/mol. The number of phenolic OH excluding ortho intramolecular Hbond substituents is 1. The van der Waals surface area contributed by atoms with Gasteiger partial charge in [-0.05, 0) is 55.4 Å². The molecule has 3 heterocycles. The Labute approximate surface area is 162 Å². The number of hydrogen-bond acceptors (Lipinski definition) is 6. The summed E-state index contributed by atoms with van der Waals surface area (Å²) in [6.07, 6.45) is 5.94. The van der Waals surface area contributed by atoms with Crippen LogP contribution in [0.25, 0.3) is 11.1 Å². The van der Waals surface area contributed by atoms with Crippen LogP contribution in [0.2, 0.25) is 0 Å². The number of thioether (sulfide) groups is 1. The van der Waals surface area contributed by atoms with Crippen molar-refractivity contribution in [2.24, 2.45) is 12.5 Å². The first kappa shape index (κ1) is 18.1. The lowest BCUT2D eigenvalue weighted by molar-refractivity contribution is 0.0293. The lowest BCUT2D eigenvalue weighted by Gasteiger charge is -2.53. The minimum absolute atomic E-state index is 0.0556. The van der Waals surface area contributed by atoms with Gasteiger partial charge in [0.05, 0.1) is 6.20 Å². The maximum absolute atomic E-state index is 10.4. The molecule has 8 heteroatoms. The van der Waals surface area contributed by atoms with Crippen LogP contribution in [0.1, 0.15) is 18.4 Å². The summed E-state index contributed by atoms with van der Waals surface area (Å²) in [5.74, 6) is 0.0556. The largest absolute Gasteiger partial charge is 0.507 e. The summed E-state index contributed by atoms with van der Waals surface area (Å²) in [6.45, 7) is 3.92. The van der Waals surface area contributed by atoms with E-state index in [-0.39, 0.29) is 10.8 Å². The smallest absolute Gasteiger partial charge is 0.162 e. The molecule has 0 radical (unpaired) electrons. The second-order valence-corrected chi connectivity index (χ2v) is 8.48. The average Bonchev–Trinajstić information content (AvgIpc) is 3.06. The van der Waals surface area contributed by atoms with E-state index in [4.69, 9.17) is 10.8 Å². The van der Waals surface area contributed by atoms with E-state index >= 15 is 0 Å². The quantitative estimate of drug-likeness (QED) is 0.471. The van der Waals surface area contributed by atoms with Crippen molar-refractivity contribution in [2.45, 2.75) is 12.8 Å². The van der Waals surface area contributed by atoms with Crippen LogP contribution in [-0.2, 0) is 7.05 Å². The summed E-state index contributed by atoms with van der Waals surface area (Å²) >= 11 is 1.10. The number of nitrogens with zero attached hydrogens (tertiary/aromatic N) is 3. The van der Waals surface area contributed by atoms with E-state index in [1.807, 2.05) is 24.2 Å².